The first kappa shape index (κ1) is 11.3. The van der Waals surface area contributed by atoms with Gasteiger partial charge in [0, 0.05) is 13.1 Å². The molecule has 88 valence electrons. The summed E-state index contributed by atoms with van der Waals surface area (Å²) in [5, 5.41) is 3.19. The lowest BCUT2D eigenvalue weighted by molar-refractivity contribution is 0.345. The summed E-state index contributed by atoms with van der Waals surface area (Å²) in [5.74, 6) is 0.867. The van der Waals surface area contributed by atoms with Crippen molar-refractivity contribution in [2.45, 2.75) is 13.3 Å². The zero-order valence-electron chi connectivity index (χ0n) is 9.62. The monoisotopic (exact) mass is 223 g/mol. The van der Waals surface area contributed by atoms with Crippen LogP contribution in [0.25, 0.3) is 0 Å². The SMILES string of the molecule is CCN1CCC(CNc2cccc(F)n2)C1. The van der Waals surface area contributed by atoms with Crippen molar-refractivity contribution in [3.63, 3.8) is 0 Å². The Kier molecular flexibility index (Phi) is 3.72. The average molecular weight is 223 g/mol. The van der Waals surface area contributed by atoms with E-state index in [1.165, 1.54) is 19.0 Å². The predicted octanol–water partition coefficient (Wildman–Crippen LogP) is 1.97. The van der Waals surface area contributed by atoms with Crippen LogP contribution in [0.5, 0.6) is 0 Å². The van der Waals surface area contributed by atoms with E-state index in [0.717, 1.165) is 19.6 Å². The van der Waals surface area contributed by atoms with Gasteiger partial charge in [0.25, 0.3) is 0 Å². The van der Waals surface area contributed by atoms with Gasteiger partial charge in [-0.2, -0.15) is 4.39 Å². The van der Waals surface area contributed by atoms with Gasteiger partial charge in [-0.1, -0.05) is 13.0 Å². The second-order valence-electron chi connectivity index (χ2n) is 4.27. The molecule has 0 aromatic carbocycles. The van der Waals surface area contributed by atoms with E-state index in [9.17, 15) is 4.39 Å². The zero-order chi connectivity index (χ0) is 11.4. The van der Waals surface area contributed by atoms with E-state index in [-0.39, 0.29) is 0 Å². The molecule has 16 heavy (non-hydrogen) atoms. The molecule has 1 saturated heterocycles. The average Bonchev–Trinajstić information content (AvgIpc) is 2.74. The molecule has 1 aromatic heterocycles. The summed E-state index contributed by atoms with van der Waals surface area (Å²) < 4.78 is 12.8. The van der Waals surface area contributed by atoms with Crippen LogP contribution in [0.2, 0.25) is 0 Å². The minimum absolute atomic E-state index is 0.424. The maximum atomic E-state index is 12.8. The second kappa shape index (κ2) is 5.25. The fourth-order valence-electron chi connectivity index (χ4n) is 2.12. The molecule has 1 aromatic rings. The third-order valence-corrected chi connectivity index (χ3v) is 3.10. The van der Waals surface area contributed by atoms with E-state index >= 15 is 0 Å². The molecule has 1 aliphatic rings. The van der Waals surface area contributed by atoms with Gasteiger partial charge in [0.2, 0.25) is 5.95 Å². The molecule has 0 radical (unpaired) electrons. The summed E-state index contributed by atoms with van der Waals surface area (Å²) in [6.07, 6.45) is 1.22. The summed E-state index contributed by atoms with van der Waals surface area (Å²) in [4.78, 5) is 6.22. The lowest BCUT2D eigenvalue weighted by Gasteiger charge is -2.13. The predicted molar refractivity (Wildman–Crippen MR) is 62.9 cm³/mol. The van der Waals surface area contributed by atoms with Gasteiger partial charge in [-0.3, -0.25) is 0 Å². The van der Waals surface area contributed by atoms with Crippen molar-refractivity contribution in [3.05, 3.63) is 24.1 Å². The molecule has 1 atom stereocenters. The number of nitrogens with zero attached hydrogens (tertiary/aromatic N) is 2. The van der Waals surface area contributed by atoms with Crippen molar-refractivity contribution in [2.24, 2.45) is 5.92 Å². The van der Waals surface area contributed by atoms with E-state index < -0.39 is 5.95 Å². The number of nitrogens with one attached hydrogen (secondary N) is 1. The molecule has 2 rings (SSSR count). The molecule has 1 N–H and O–H groups in total. The van der Waals surface area contributed by atoms with Gasteiger partial charge in [-0.05, 0) is 37.6 Å². The smallest absolute Gasteiger partial charge is 0.214 e. The highest BCUT2D eigenvalue weighted by molar-refractivity contribution is 5.33. The van der Waals surface area contributed by atoms with Gasteiger partial charge >= 0.3 is 0 Å². The maximum absolute atomic E-state index is 12.8. The van der Waals surface area contributed by atoms with Crippen LogP contribution < -0.4 is 5.32 Å². The van der Waals surface area contributed by atoms with Crippen molar-refractivity contribution in [1.29, 1.82) is 0 Å². The second-order valence-corrected chi connectivity index (χ2v) is 4.27. The molecule has 4 heteroatoms. The molecule has 0 bridgehead atoms. The number of aromatic nitrogens is 1. The van der Waals surface area contributed by atoms with E-state index in [1.807, 2.05) is 0 Å². The number of rotatable bonds is 4. The Balaban J connectivity index is 1.80. The molecule has 1 fully saturated rings. The van der Waals surface area contributed by atoms with Crippen molar-refractivity contribution in [3.8, 4) is 0 Å². The lowest BCUT2D eigenvalue weighted by Crippen LogP contribution is -2.22. The van der Waals surface area contributed by atoms with Crippen molar-refractivity contribution >= 4 is 5.82 Å². The highest BCUT2D eigenvalue weighted by Crippen LogP contribution is 2.16. The number of hydrogen-bond acceptors (Lipinski definition) is 3. The van der Waals surface area contributed by atoms with Crippen LogP contribution in [0.15, 0.2) is 18.2 Å². The summed E-state index contributed by atoms with van der Waals surface area (Å²) >= 11 is 0. The normalized spacial score (nSPS) is 21.2. The molecule has 3 nitrogen and oxygen atoms in total. The first-order valence-electron chi connectivity index (χ1n) is 5.86. The van der Waals surface area contributed by atoms with Crippen LogP contribution in [0.1, 0.15) is 13.3 Å². The van der Waals surface area contributed by atoms with Crippen LogP contribution >= 0.6 is 0 Å². The number of anilines is 1. The largest absolute Gasteiger partial charge is 0.370 e. The molecule has 0 amide bonds. The fraction of sp³-hybridized carbons (Fsp3) is 0.583. The highest BCUT2D eigenvalue weighted by atomic mass is 19.1. The highest BCUT2D eigenvalue weighted by Gasteiger charge is 2.20. The summed E-state index contributed by atoms with van der Waals surface area (Å²) in [5.41, 5.74) is 0. The Labute approximate surface area is 95.7 Å². The van der Waals surface area contributed by atoms with E-state index in [2.05, 4.69) is 22.1 Å². The molecule has 1 unspecified atom stereocenters. The Bertz CT molecular complexity index is 343. The van der Waals surface area contributed by atoms with Crippen LogP contribution in [-0.4, -0.2) is 36.1 Å². The minimum atomic E-state index is -0.424. The van der Waals surface area contributed by atoms with Crippen molar-refractivity contribution in [1.82, 2.24) is 9.88 Å². The Morgan fingerprint density at radius 1 is 1.56 bits per heavy atom. The number of likely N-dealkylation sites (tertiary alicyclic amines) is 1. The Morgan fingerprint density at radius 2 is 2.44 bits per heavy atom. The minimum Gasteiger partial charge on any atom is -0.370 e. The van der Waals surface area contributed by atoms with Crippen LogP contribution in [0, 0.1) is 11.9 Å². The van der Waals surface area contributed by atoms with Gasteiger partial charge in [0.05, 0.1) is 0 Å². The van der Waals surface area contributed by atoms with Crippen LogP contribution in [-0.2, 0) is 0 Å². The van der Waals surface area contributed by atoms with Crippen LogP contribution in [0.3, 0.4) is 0 Å². The topological polar surface area (TPSA) is 28.2 Å². The van der Waals surface area contributed by atoms with Gasteiger partial charge in [-0.25, -0.2) is 4.98 Å². The first-order valence-corrected chi connectivity index (χ1v) is 5.86. The zero-order valence-corrected chi connectivity index (χ0v) is 9.62. The van der Waals surface area contributed by atoms with Crippen molar-refractivity contribution in [2.75, 3.05) is 31.5 Å². The number of hydrogen-bond donors (Lipinski definition) is 1. The third-order valence-electron chi connectivity index (χ3n) is 3.10. The van der Waals surface area contributed by atoms with Gasteiger partial charge < -0.3 is 10.2 Å². The quantitative estimate of drug-likeness (QED) is 0.791. The van der Waals surface area contributed by atoms with Crippen LogP contribution in [0.4, 0.5) is 10.2 Å². The lowest BCUT2D eigenvalue weighted by atomic mass is 10.1. The molecule has 1 aliphatic heterocycles. The Morgan fingerprint density at radius 3 is 3.12 bits per heavy atom. The van der Waals surface area contributed by atoms with E-state index in [0.29, 0.717) is 11.7 Å². The fourth-order valence-corrected chi connectivity index (χ4v) is 2.12. The van der Waals surface area contributed by atoms with Gasteiger partial charge in [-0.15, -0.1) is 0 Å². The molecule has 0 aliphatic carbocycles. The van der Waals surface area contributed by atoms with Gasteiger partial charge in [0.15, 0.2) is 0 Å². The standard InChI is InChI=1S/C12H18FN3/c1-2-16-7-6-10(9-16)8-14-12-5-3-4-11(13)15-12/h3-5,10H,2,6-9H2,1H3,(H,14,15). The van der Waals surface area contributed by atoms with E-state index in [1.54, 1.807) is 12.1 Å². The summed E-state index contributed by atoms with van der Waals surface area (Å²) in [7, 11) is 0. The number of pyridine rings is 1. The maximum Gasteiger partial charge on any atom is 0.214 e. The molecule has 0 spiro atoms. The summed E-state index contributed by atoms with van der Waals surface area (Å²) in [6, 6.07) is 4.84. The molecular formula is C12H18FN3. The third kappa shape index (κ3) is 2.92. The first-order chi connectivity index (χ1) is 7.78. The van der Waals surface area contributed by atoms with Crippen molar-refractivity contribution < 1.29 is 4.39 Å². The Hall–Kier alpha value is -1.16. The molecular weight excluding hydrogens is 205 g/mol. The van der Waals surface area contributed by atoms with E-state index in [4.69, 9.17) is 0 Å². The number of halogens is 1. The summed E-state index contributed by atoms with van der Waals surface area (Å²) in [6.45, 7) is 6.50. The molecule has 0 saturated carbocycles. The van der Waals surface area contributed by atoms with Gasteiger partial charge in [0.1, 0.15) is 5.82 Å². The molecule has 2 heterocycles.